The summed E-state index contributed by atoms with van der Waals surface area (Å²) < 4.78 is 13.6. The standard InChI is InChI=1S/C15H12ClFN2/c16-11-5-6-13(17)15(7-11)19-9-10-8-18-14-4-2-1-3-12(10)14/h1-8,18-19H,9H2. The van der Waals surface area contributed by atoms with E-state index >= 15 is 0 Å². The Morgan fingerprint density at radius 3 is 2.89 bits per heavy atom. The first kappa shape index (κ1) is 12.1. The topological polar surface area (TPSA) is 27.8 Å². The highest BCUT2D eigenvalue weighted by atomic mass is 35.5. The van der Waals surface area contributed by atoms with Crippen LogP contribution in [0, 0.1) is 5.82 Å². The lowest BCUT2D eigenvalue weighted by Crippen LogP contribution is -2.00. The zero-order valence-electron chi connectivity index (χ0n) is 10.1. The smallest absolute Gasteiger partial charge is 0.146 e. The molecule has 0 aliphatic rings. The largest absolute Gasteiger partial charge is 0.378 e. The molecular weight excluding hydrogens is 263 g/mol. The van der Waals surface area contributed by atoms with Gasteiger partial charge >= 0.3 is 0 Å². The molecule has 0 saturated carbocycles. The Morgan fingerprint density at radius 1 is 1.16 bits per heavy atom. The number of H-pyrrole nitrogens is 1. The zero-order valence-corrected chi connectivity index (χ0v) is 10.8. The van der Waals surface area contributed by atoms with E-state index < -0.39 is 0 Å². The van der Waals surface area contributed by atoms with Gasteiger partial charge in [0.1, 0.15) is 5.82 Å². The summed E-state index contributed by atoms with van der Waals surface area (Å²) in [6.07, 6.45) is 1.93. The fourth-order valence-corrected chi connectivity index (χ4v) is 2.27. The van der Waals surface area contributed by atoms with Crippen LogP contribution in [-0.4, -0.2) is 4.98 Å². The predicted molar refractivity (Wildman–Crippen MR) is 77.0 cm³/mol. The zero-order chi connectivity index (χ0) is 13.2. The van der Waals surface area contributed by atoms with Gasteiger partial charge in [-0.05, 0) is 29.8 Å². The van der Waals surface area contributed by atoms with Gasteiger partial charge < -0.3 is 10.3 Å². The van der Waals surface area contributed by atoms with Crippen molar-refractivity contribution in [3.05, 3.63) is 65.1 Å². The molecule has 2 aromatic carbocycles. The molecule has 0 aliphatic heterocycles. The van der Waals surface area contributed by atoms with E-state index in [9.17, 15) is 4.39 Å². The number of hydrogen-bond acceptors (Lipinski definition) is 1. The number of nitrogens with one attached hydrogen (secondary N) is 2. The monoisotopic (exact) mass is 274 g/mol. The summed E-state index contributed by atoms with van der Waals surface area (Å²) >= 11 is 5.86. The Hall–Kier alpha value is -2.00. The minimum atomic E-state index is -0.302. The van der Waals surface area contributed by atoms with Gasteiger partial charge in [-0.25, -0.2) is 4.39 Å². The van der Waals surface area contributed by atoms with Crippen molar-refractivity contribution >= 4 is 28.2 Å². The van der Waals surface area contributed by atoms with E-state index in [1.807, 2.05) is 30.5 Å². The molecule has 0 bridgehead atoms. The molecule has 1 aromatic heterocycles. The van der Waals surface area contributed by atoms with Gasteiger partial charge in [-0.2, -0.15) is 0 Å². The number of halogens is 2. The number of rotatable bonds is 3. The lowest BCUT2D eigenvalue weighted by atomic mass is 10.2. The number of aromatic amines is 1. The normalized spacial score (nSPS) is 10.8. The van der Waals surface area contributed by atoms with Crippen LogP contribution in [0.3, 0.4) is 0 Å². The van der Waals surface area contributed by atoms with Gasteiger partial charge in [0.15, 0.2) is 0 Å². The number of fused-ring (bicyclic) bond motifs is 1. The predicted octanol–water partition coefficient (Wildman–Crippen LogP) is 4.57. The summed E-state index contributed by atoms with van der Waals surface area (Å²) in [5.41, 5.74) is 2.58. The van der Waals surface area contributed by atoms with Crippen LogP contribution in [0.25, 0.3) is 10.9 Å². The molecule has 0 fully saturated rings. The molecule has 96 valence electrons. The van der Waals surface area contributed by atoms with Gasteiger partial charge in [-0.15, -0.1) is 0 Å². The third kappa shape index (κ3) is 2.42. The highest BCUT2D eigenvalue weighted by molar-refractivity contribution is 6.30. The molecule has 0 saturated heterocycles. The van der Waals surface area contributed by atoms with Crippen LogP contribution >= 0.6 is 11.6 Å². The summed E-state index contributed by atoms with van der Waals surface area (Å²) in [5.74, 6) is -0.302. The molecule has 0 aliphatic carbocycles. The van der Waals surface area contributed by atoms with Crippen LogP contribution in [0.5, 0.6) is 0 Å². The second kappa shape index (κ2) is 4.94. The Morgan fingerprint density at radius 2 is 2.00 bits per heavy atom. The Kier molecular flexibility index (Phi) is 3.13. The third-order valence-corrected chi connectivity index (χ3v) is 3.31. The van der Waals surface area contributed by atoms with E-state index in [4.69, 9.17) is 11.6 Å². The SMILES string of the molecule is Fc1ccc(Cl)cc1NCc1c[nH]c2ccccc12. The molecule has 3 rings (SSSR count). The van der Waals surface area contributed by atoms with Crippen molar-refractivity contribution < 1.29 is 4.39 Å². The first-order valence-corrected chi connectivity index (χ1v) is 6.36. The van der Waals surface area contributed by atoms with Gasteiger partial charge in [0.05, 0.1) is 5.69 Å². The lowest BCUT2D eigenvalue weighted by molar-refractivity contribution is 0.630. The molecule has 4 heteroatoms. The molecular formula is C15H12ClFN2. The first-order valence-electron chi connectivity index (χ1n) is 5.98. The molecule has 2 N–H and O–H groups in total. The van der Waals surface area contributed by atoms with E-state index in [1.165, 1.54) is 12.1 Å². The van der Waals surface area contributed by atoms with E-state index in [1.54, 1.807) is 6.07 Å². The third-order valence-electron chi connectivity index (χ3n) is 3.07. The van der Waals surface area contributed by atoms with Gasteiger partial charge in [0.2, 0.25) is 0 Å². The molecule has 19 heavy (non-hydrogen) atoms. The molecule has 3 aromatic rings. The molecule has 0 amide bonds. The maximum atomic E-state index is 13.6. The summed E-state index contributed by atoms with van der Waals surface area (Å²) in [5, 5.41) is 4.72. The summed E-state index contributed by atoms with van der Waals surface area (Å²) in [6.45, 7) is 0.543. The minimum Gasteiger partial charge on any atom is -0.378 e. The van der Waals surface area contributed by atoms with Crippen LogP contribution < -0.4 is 5.32 Å². The average molecular weight is 275 g/mol. The van der Waals surface area contributed by atoms with E-state index in [-0.39, 0.29) is 5.82 Å². The summed E-state index contributed by atoms with van der Waals surface area (Å²) in [6, 6.07) is 12.5. The van der Waals surface area contributed by atoms with Gasteiger partial charge in [0.25, 0.3) is 0 Å². The second-order valence-corrected chi connectivity index (χ2v) is 4.77. The van der Waals surface area contributed by atoms with E-state index in [0.717, 1.165) is 16.5 Å². The Balaban J connectivity index is 1.84. The maximum absolute atomic E-state index is 13.6. The second-order valence-electron chi connectivity index (χ2n) is 4.34. The molecule has 0 unspecified atom stereocenters. The average Bonchev–Trinajstić information content (AvgIpc) is 2.83. The highest BCUT2D eigenvalue weighted by Crippen LogP contribution is 2.22. The lowest BCUT2D eigenvalue weighted by Gasteiger charge is -2.07. The Bertz CT molecular complexity index is 721. The number of anilines is 1. The van der Waals surface area contributed by atoms with Crippen LogP contribution in [-0.2, 0) is 6.54 Å². The van der Waals surface area contributed by atoms with Crippen molar-refractivity contribution in [3.63, 3.8) is 0 Å². The minimum absolute atomic E-state index is 0.302. The summed E-state index contributed by atoms with van der Waals surface area (Å²) in [4.78, 5) is 3.19. The number of para-hydroxylation sites is 1. The highest BCUT2D eigenvalue weighted by Gasteiger charge is 2.05. The molecule has 2 nitrogen and oxygen atoms in total. The van der Waals surface area contributed by atoms with Crippen LogP contribution in [0.1, 0.15) is 5.56 Å². The van der Waals surface area contributed by atoms with E-state index in [2.05, 4.69) is 10.3 Å². The summed E-state index contributed by atoms with van der Waals surface area (Å²) in [7, 11) is 0. The van der Waals surface area contributed by atoms with Gasteiger partial charge in [-0.3, -0.25) is 0 Å². The maximum Gasteiger partial charge on any atom is 0.146 e. The van der Waals surface area contributed by atoms with Crippen molar-refractivity contribution in [2.24, 2.45) is 0 Å². The molecule has 0 spiro atoms. The number of hydrogen-bond donors (Lipinski definition) is 2. The van der Waals surface area contributed by atoms with Crippen LogP contribution in [0.4, 0.5) is 10.1 Å². The molecule has 0 atom stereocenters. The molecule has 1 heterocycles. The van der Waals surface area contributed by atoms with Crippen LogP contribution in [0.2, 0.25) is 5.02 Å². The van der Waals surface area contributed by atoms with Gasteiger partial charge in [-0.1, -0.05) is 29.8 Å². The quantitative estimate of drug-likeness (QED) is 0.719. The van der Waals surface area contributed by atoms with Crippen molar-refractivity contribution in [2.45, 2.75) is 6.54 Å². The fourth-order valence-electron chi connectivity index (χ4n) is 2.10. The number of benzene rings is 2. The first-order chi connectivity index (χ1) is 9.24. The van der Waals surface area contributed by atoms with E-state index in [0.29, 0.717) is 17.3 Å². The molecule has 0 radical (unpaired) electrons. The van der Waals surface area contributed by atoms with Crippen molar-refractivity contribution in [1.82, 2.24) is 4.98 Å². The fraction of sp³-hybridized carbons (Fsp3) is 0.0667. The van der Waals surface area contributed by atoms with Gasteiger partial charge in [0, 0.05) is 28.7 Å². The van der Waals surface area contributed by atoms with Crippen molar-refractivity contribution in [3.8, 4) is 0 Å². The van der Waals surface area contributed by atoms with Crippen molar-refractivity contribution in [2.75, 3.05) is 5.32 Å². The number of aromatic nitrogens is 1. The Labute approximate surface area is 115 Å². The van der Waals surface area contributed by atoms with Crippen molar-refractivity contribution in [1.29, 1.82) is 0 Å². The van der Waals surface area contributed by atoms with Crippen LogP contribution in [0.15, 0.2) is 48.7 Å².